The van der Waals surface area contributed by atoms with E-state index in [9.17, 15) is 4.39 Å². The van der Waals surface area contributed by atoms with E-state index in [1.54, 1.807) is 6.07 Å². The molecule has 1 heterocycles. The zero-order valence-electron chi connectivity index (χ0n) is 4.56. The summed E-state index contributed by atoms with van der Waals surface area (Å²) in [5.74, 6) is 0. The van der Waals surface area contributed by atoms with Crippen LogP contribution < -0.4 is 0 Å². The smallest absolute Gasteiger partial charge is 0.198 e. The summed E-state index contributed by atoms with van der Waals surface area (Å²) in [6.07, 6.45) is 0. The van der Waals surface area contributed by atoms with Gasteiger partial charge in [-0.3, -0.25) is 0 Å². The van der Waals surface area contributed by atoms with Crippen molar-refractivity contribution in [2.24, 2.45) is 0 Å². The summed E-state index contributed by atoms with van der Waals surface area (Å²) >= 11 is 3.40. The quantitative estimate of drug-likeness (QED) is 0.731. The van der Waals surface area contributed by atoms with Crippen LogP contribution in [-0.4, -0.2) is 5.11 Å². The van der Waals surface area contributed by atoms with E-state index in [1.165, 1.54) is 0 Å². The van der Waals surface area contributed by atoms with Gasteiger partial charge >= 0.3 is 0 Å². The minimum atomic E-state index is -0.660. The molecule has 10 heavy (non-hydrogen) atoms. The van der Waals surface area contributed by atoms with Gasteiger partial charge in [-0.1, -0.05) is 11.3 Å². The average Bonchev–Trinajstić information content (AvgIpc) is 2.09. The fraction of sp³-hybridized carbons (Fsp3) is 0. The highest BCUT2D eigenvalue weighted by Gasteiger charge is 2.14. The van der Waals surface area contributed by atoms with Crippen molar-refractivity contribution in [3.05, 3.63) is 15.2 Å². The van der Waals surface area contributed by atoms with E-state index in [0.717, 1.165) is 0 Å². The van der Waals surface area contributed by atoms with Crippen LogP contribution in [0.1, 0.15) is 5.56 Å². The molecule has 1 N–H and O–H groups in total. The Balaban J connectivity index is 3.37. The molecule has 1 aromatic heterocycles. The van der Waals surface area contributed by atoms with Gasteiger partial charge in [0.1, 0.15) is 11.6 Å². The van der Waals surface area contributed by atoms with Gasteiger partial charge in [-0.2, -0.15) is 9.65 Å². The molecule has 0 aliphatic heterocycles. The van der Waals surface area contributed by atoms with Crippen LogP contribution in [0.2, 0.25) is 0 Å². The number of halogens is 2. The average molecular weight is 222 g/mol. The van der Waals surface area contributed by atoms with Crippen molar-refractivity contribution in [1.82, 2.24) is 0 Å². The molecule has 0 aliphatic rings. The van der Waals surface area contributed by atoms with E-state index in [-0.39, 0.29) is 15.1 Å². The molecular weight excluding hydrogens is 221 g/mol. The van der Waals surface area contributed by atoms with Gasteiger partial charge in [0.05, 0.1) is 4.47 Å². The van der Waals surface area contributed by atoms with Gasteiger partial charge in [0.2, 0.25) is 0 Å². The van der Waals surface area contributed by atoms with Gasteiger partial charge in [-0.05, 0) is 15.9 Å². The van der Waals surface area contributed by atoms with E-state index in [2.05, 4.69) is 15.9 Å². The third kappa shape index (κ3) is 1.00. The zero-order chi connectivity index (χ0) is 7.72. The molecule has 0 atom stereocenters. The van der Waals surface area contributed by atoms with Crippen LogP contribution in [0.4, 0.5) is 4.39 Å². The Kier molecular flexibility index (Phi) is 1.92. The molecule has 1 rings (SSSR count). The van der Waals surface area contributed by atoms with Crippen LogP contribution in [-0.2, 0) is 0 Å². The predicted molar refractivity (Wildman–Crippen MR) is 38.4 cm³/mol. The molecule has 0 amide bonds. The van der Waals surface area contributed by atoms with Gasteiger partial charge in [0, 0.05) is 0 Å². The summed E-state index contributed by atoms with van der Waals surface area (Å²) in [4.78, 5) is 0. The lowest BCUT2D eigenvalue weighted by atomic mass is 10.4. The van der Waals surface area contributed by atoms with E-state index in [1.807, 2.05) is 0 Å². The number of nitrogens with zero attached hydrogens (tertiary/aromatic N) is 1. The zero-order valence-corrected chi connectivity index (χ0v) is 6.96. The molecule has 0 spiro atoms. The summed E-state index contributed by atoms with van der Waals surface area (Å²) in [6, 6.07) is 1.61. The first-order valence-corrected chi connectivity index (χ1v) is 3.84. The van der Waals surface area contributed by atoms with Crippen molar-refractivity contribution < 1.29 is 9.50 Å². The first kappa shape index (κ1) is 7.51. The summed E-state index contributed by atoms with van der Waals surface area (Å²) in [6.45, 7) is 0. The van der Waals surface area contributed by atoms with E-state index in [0.29, 0.717) is 11.3 Å². The van der Waals surface area contributed by atoms with Crippen LogP contribution in [0.15, 0.2) is 4.47 Å². The third-order valence-corrected chi connectivity index (χ3v) is 2.72. The maximum atomic E-state index is 12.5. The molecule has 0 unspecified atom stereocenters. The Morgan fingerprint density at radius 1 is 1.70 bits per heavy atom. The van der Waals surface area contributed by atoms with Crippen molar-refractivity contribution in [3.8, 4) is 11.1 Å². The Hall–Kier alpha value is -0.600. The molecule has 2 nitrogen and oxygen atoms in total. The number of hydrogen-bond acceptors (Lipinski definition) is 3. The second kappa shape index (κ2) is 2.56. The van der Waals surface area contributed by atoms with Gasteiger partial charge in [0.15, 0.2) is 10.2 Å². The fourth-order valence-electron chi connectivity index (χ4n) is 0.467. The Bertz CT molecular complexity index is 303. The third-order valence-electron chi connectivity index (χ3n) is 0.902. The molecule has 0 aromatic carbocycles. The SMILES string of the molecule is N#Cc1c(F)sc(O)c1Br. The van der Waals surface area contributed by atoms with Gasteiger partial charge in [-0.15, -0.1) is 0 Å². The van der Waals surface area contributed by atoms with Crippen molar-refractivity contribution in [2.45, 2.75) is 0 Å². The summed E-state index contributed by atoms with van der Waals surface area (Å²) in [5.41, 5.74) is -0.137. The largest absolute Gasteiger partial charge is 0.499 e. The molecule has 0 saturated carbocycles. The standard InChI is InChI=1S/C5HBrFNOS/c6-3-2(1-8)4(7)10-5(3)9/h9H. The van der Waals surface area contributed by atoms with E-state index in [4.69, 9.17) is 10.4 Å². The van der Waals surface area contributed by atoms with Gasteiger partial charge < -0.3 is 5.11 Å². The fourth-order valence-corrected chi connectivity index (χ4v) is 1.71. The molecular formula is C5HBrFNOS. The van der Waals surface area contributed by atoms with Crippen molar-refractivity contribution in [1.29, 1.82) is 5.26 Å². The highest BCUT2D eigenvalue weighted by molar-refractivity contribution is 9.10. The molecule has 0 saturated heterocycles. The maximum absolute atomic E-state index is 12.5. The van der Waals surface area contributed by atoms with Crippen LogP contribution in [0.5, 0.6) is 5.06 Å². The molecule has 1 aromatic rings. The summed E-state index contributed by atoms with van der Waals surface area (Å²) in [7, 11) is 0. The minimum absolute atomic E-state index is 0.137. The molecule has 5 heteroatoms. The Labute approximate surface area is 68.7 Å². The Morgan fingerprint density at radius 2 is 2.30 bits per heavy atom. The highest BCUT2D eigenvalue weighted by atomic mass is 79.9. The van der Waals surface area contributed by atoms with E-state index < -0.39 is 5.13 Å². The summed E-state index contributed by atoms with van der Waals surface area (Å²) in [5, 5.41) is 16.3. The Morgan fingerprint density at radius 3 is 2.50 bits per heavy atom. The first-order valence-electron chi connectivity index (χ1n) is 2.23. The van der Waals surface area contributed by atoms with Crippen LogP contribution in [0, 0.1) is 16.5 Å². The van der Waals surface area contributed by atoms with Crippen molar-refractivity contribution >= 4 is 27.3 Å². The second-order valence-electron chi connectivity index (χ2n) is 1.48. The first-order chi connectivity index (χ1) is 4.66. The normalized spacial score (nSPS) is 9.30. The number of aromatic hydroxyl groups is 1. The van der Waals surface area contributed by atoms with Gasteiger partial charge in [-0.25, -0.2) is 0 Å². The lowest BCUT2D eigenvalue weighted by molar-refractivity contribution is 0.488. The summed E-state index contributed by atoms with van der Waals surface area (Å²) < 4.78 is 12.6. The molecule has 0 radical (unpaired) electrons. The minimum Gasteiger partial charge on any atom is -0.499 e. The second-order valence-corrected chi connectivity index (χ2v) is 3.22. The molecule has 0 fully saturated rings. The number of nitriles is 1. The maximum Gasteiger partial charge on any atom is 0.198 e. The van der Waals surface area contributed by atoms with Crippen molar-refractivity contribution in [2.75, 3.05) is 0 Å². The molecule has 0 bridgehead atoms. The lowest BCUT2D eigenvalue weighted by Gasteiger charge is -1.81. The topological polar surface area (TPSA) is 44.0 Å². The monoisotopic (exact) mass is 221 g/mol. The van der Waals surface area contributed by atoms with Crippen LogP contribution >= 0.6 is 27.3 Å². The number of rotatable bonds is 0. The number of hydrogen-bond donors (Lipinski definition) is 1. The highest BCUT2D eigenvalue weighted by Crippen LogP contribution is 2.36. The van der Waals surface area contributed by atoms with E-state index >= 15 is 0 Å². The van der Waals surface area contributed by atoms with Crippen LogP contribution in [0.25, 0.3) is 0 Å². The predicted octanol–water partition coefficient (Wildman–Crippen LogP) is 2.23. The lowest BCUT2D eigenvalue weighted by Crippen LogP contribution is -1.71. The number of thiophene rings is 1. The molecule has 0 aliphatic carbocycles. The van der Waals surface area contributed by atoms with Gasteiger partial charge in [0.25, 0.3) is 0 Å². The van der Waals surface area contributed by atoms with Crippen molar-refractivity contribution in [3.63, 3.8) is 0 Å². The van der Waals surface area contributed by atoms with Crippen LogP contribution in [0.3, 0.4) is 0 Å². The molecule has 52 valence electrons.